The van der Waals surface area contributed by atoms with Crippen LogP contribution in [0.3, 0.4) is 0 Å². The van der Waals surface area contributed by atoms with Gasteiger partial charge in [0.1, 0.15) is 0 Å². The van der Waals surface area contributed by atoms with Gasteiger partial charge in [-0.2, -0.15) is 0 Å². The average Bonchev–Trinajstić information content (AvgIpc) is 2.85. The Morgan fingerprint density at radius 1 is 1.09 bits per heavy atom. The molecule has 1 aromatic heterocycles. The van der Waals surface area contributed by atoms with E-state index in [1.54, 1.807) is 0 Å². The van der Waals surface area contributed by atoms with Gasteiger partial charge in [0.05, 0.1) is 0 Å². The number of fused-ring (bicyclic) bond motifs is 3. The van der Waals surface area contributed by atoms with Crippen molar-refractivity contribution in [2.45, 2.75) is 40.0 Å². The molecule has 2 aromatic carbocycles. The number of hydrogen-bond donors (Lipinski definition) is 0. The van der Waals surface area contributed by atoms with Crippen LogP contribution >= 0.6 is 11.3 Å². The maximum absolute atomic E-state index is 2.39. The van der Waals surface area contributed by atoms with E-state index in [-0.39, 0.29) is 63.4 Å². The largest absolute Gasteiger partial charge is 4.00 e. The van der Waals surface area contributed by atoms with Gasteiger partial charge in [-0.15, -0.1) is 22.6 Å². The molecule has 3 aromatic rings. The fraction of sp³-hybridized carbons (Fsp3) is 0.353. The van der Waals surface area contributed by atoms with Crippen LogP contribution in [0.1, 0.15) is 36.5 Å². The molecule has 0 amide bonds. The zero-order valence-electron chi connectivity index (χ0n) is 13.0. The zero-order valence-corrected chi connectivity index (χ0v) is 18.5. The summed E-state index contributed by atoms with van der Waals surface area (Å²) in [5.41, 5.74) is 4.37. The van der Waals surface area contributed by atoms with E-state index in [0.717, 1.165) is 0 Å². The van der Waals surface area contributed by atoms with Crippen molar-refractivity contribution in [2.75, 3.05) is 0 Å². The Hall–Kier alpha value is 0.543. The summed E-state index contributed by atoms with van der Waals surface area (Å²) in [7, 11) is 0. The van der Waals surface area contributed by atoms with Crippen LogP contribution in [-0.4, -0.2) is 0 Å². The van der Waals surface area contributed by atoms with Crippen molar-refractivity contribution in [3.05, 3.63) is 41.0 Å². The molecule has 0 N–H and O–H groups in total. The summed E-state index contributed by atoms with van der Waals surface area (Å²) in [6.45, 7) is 6.71. The van der Waals surface area contributed by atoms with Gasteiger partial charge in [0, 0.05) is 0 Å². The molecule has 0 aliphatic carbocycles. The molecule has 0 unspecified atom stereocenters. The number of thiophene rings is 1. The van der Waals surface area contributed by atoms with E-state index in [1.165, 1.54) is 56.1 Å². The van der Waals surface area contributed by atoms with Gasteiger partial charge < -0.3 is 37.2 Å². The van der Waals surface area contributed by atoms with Crippen LogP contribution in [0.2, 0.25) is 0 Å². The van der Waals surface area contributed by atoms with Crippen LogP contribution in [0.25, 0.3) is 20.2 Å². The standard InChI is InChI=1S/C17H19S.3ClH.Zr/c1-4-5-6-13-7-8-14-15-9-11(2)12(3)17(15)18-16(14)10-13;;;;/h7-10H,4-6H2,1-3H3;3*1H;/q-1;;;;+4/p-3. The molecule has 0 saturated heterocycles. The van der Waals surface area contributed by atoms with Crippen LogP contribution in [0.4, 0.5) is 0 Å². The van der Waals surface area contributed by atoms with Crippen LogP contribution in [0.15, 0.2) is 24.3 Å². The Labute approximate surface area is 174 Å². The number of rotatable bonds is 3. The fourth-order valence-electron chi connectivity index (χ4n) is 2.62. The molecular weight excluding hydrogens is 434 g/mol. The minimum Gasteiger partial charge on any atom is -1.00 e. The fourth-order valence-corrected chi connectivity index (χ4v) is 3.93. The first kappa shape index (κ1) is 24.8. The molecule has 0 atom stereocenters. The topological polar surface area (TPSA) is 0 Å². The van der Waals surface area contributed by atoms with Gasteiger partial charge in [0.15, 0.2) is 0 Å². The molecule has 0 bridgehead atoms. The summed E-state index contributed by atoms with van der Waals surface area (Å²) < 4.78 is 2.94. The number of halogens is 3. The summed E-state index contributed by atoms with van der Waals surface area (Å²) in [6, 6.07) is 9.36. The van der Waals surface area contributed by atoms with Gasteiger partial charge in [-0.05, 0) is 23.1 Å². The summed E-state index contributed by atoms with van der Waals surface area (Å²) in [6.07, 6.45) is 3.78. The second-order valence-electron chi connectivity index (χ2n) is 5.23. The Bertz CT molecular complexity index is 715. The van der Waals surface area contributed by atoms with Gasteiger partial charge in [-0.25, -0.2) is 11.3 Å². The van der Waals surface area contributed by atoms with Gasteiger partial charge in [-0.3, -0.25) is 0 Å². The van der Waals surface area contributed by atoms with Crippen molar-refractivity contribution in [1.29, 1.82) is 0 Å². The molecule has 0 nitrogen and oxygen atoms in total. The van der Waals surface area contributed by atoms with E-state index in [4.69, 9.17) is 0 Å². The van der Waals surface area contributed by atoms with Crippen molar-refractivity contribution in [1.82, 2.24) is 0 Å². The zero-order chi connectivity index (χ0) is 12.7. The van der Waals surface area contributed by atoms with Crippen molar-refractivity contribution in [3.8, 4) is 0 Å². The number of benzene rings is 1. The van der Waals surface area contributed by atoms with Gasteiger partial charge in [0.25, 0.3) is 0 Å². The van der Waals surface area contributed by atoms with Crippen LogP contribution in [0.5, 0.6) is 0 Å². The van der Waals surface area contributed by atoms with Gasteiger partial charge in [-0.1, -0.05) is 55.5 Å². The van der Waals surface area contributed by atoms with E-state index in [1.807, 2.05) is 11.3 Å². The number of aryl methyl sites for hydroxylation is 3. The molecule has 3 rings (SSSR count). The second-order valence-corrected chi connectivity index (χ2v) is 6.28. The SMILES string of the molecule is CCCCc1ccc2c(c1)sc1c(C)c(C)[cH-]c12.[Cl-].[Cl-].[Cl-].[Zr+4]. The molecule has 22 heavy (non-hydrogen) atoms. The van der Waals surface area contributed by atoms with Gasteiger partial charge in [0.2, 0.25) is 0 Å². The predicted molar refractivity (Wildman–Crippen MR) is 83.0 cm³/mol. The minimum absolute atomic E-state index is 0. The van der Waals surface area contributed by atoms with E-state index < -0.39 is 0 Å². The normalized spacial score (nSPS) is 9.59. The Balaban J connectivity index is 0. The van der Waals surface area contributed by atoms with E-state index in [0.29, 0.717) is 0 Å². The Morgan fingerprint density at radius 3 is 2.41 bits per heavy atom. The van der Waals surface area contributed by atoms with Crippen LogP contribution < -0.4 is 37.2 Å². The Morgan fingerprint density at radius 2 is 1.77 bits per heavy atom. The quantitative estimate of drug-likeness (QED) is 0.366. The minimum atomic E-state index is 0. The summed E-state index contributed by atoms with van der Waals surface area (Å²) in [4.78, 5) is 0. The molecule has 118 valence electrons. The third-order valence-corrected chi connectivity index (χ3v) is 5.19. The summed E-state index contributed by atoms with van der Waals surface area (Å²) in [5, 5.41) is 2.89. The van der Waals surface area contributed by atoms with Crippen LogP contribution in [0, 0.1) is 13.8 Å². The first-order valence-electron chi connectivity index (χ1n) is 6.78. The number of hydrogen-bond acceptors (Lipinski definition) is 1. The van der Waals surface area contributed by atoms with Crippen molar-refractivity contribution >= 4 is 31.5 Å². The smallest absolute Gasteiger partial charge is 1.00 e. The maximum Gasteiger partial charge on any atom is 4.00 e. The van der Waals surface area contributed by atoms with Crippen LogP contribution in [-0.2, 0) is 32.6 Å². The predicted octanol–water partition coefficient (Wildman–Crippen LogP) is -3.26. The molecule has 0 fully saturated rings. The summed E-state index contributed by atoms with van der Waals surface area (Å²) in [5.74, 6) is 0. The monoisotopic (exact) mass is 450 g/mol. The molecule has 0 spiro atoms. The molecule has 0 aliphatic rings. The Kier molecular flexibility index (Phi) is 11.7. The molecular formula is C17H19Cl3SZr. The third-order valence-electron chi connectivity index (χ3n) is 3.90. The molecule has 0 aliphatic heterocycles. The van der Waals surface area contributed by atoms with E-state index in [9.17, 15) is 0 Å². The molecule has 5 heteroatoms. The first-order chi connectivity index (χ1) is 8.70. The summed E-state index contributed by atoms with van der Waals surface area (Å²) >= 11 is 1.96. The van der Waals surface area contributed by atoms with Crippen molar-refractivity contribution < 1.29 is 63.4 Å². The second kappa shape index (κ2) is 10.4. The van der Waals surface area contributed by atoms with Crippen molar-refractivity contribution in [3.63, 3.8) is 0 Å². The maximum atomic E-state index is 2.39. The van der Waals surface area contributed by atoms with E-state index >= 15 is 0 Å². The van der Waals surface area contributed by atoms with E-state index in [2.05, 4.69) is 45.0 Å². The third kappa shape index (κ3) is 4.55. The molecule has 1 heterocycles. The molecule has 0 saturated carbocycles. The van der Waals surface area contributed by atoms with Gasteiger partial charge >= 0.3 is 26.2 Å². The van der Waals surface area contributed by atoms with Crippen molar-refractivity contribution in [2.24, 2.45) is 0 Å². The average molecular weight is 453 g/mol. The molecule has 0 radical (unpaired) electrons. The number of unbranched alkanes of at least 4 members (excludes halogenated alkanes) is 1. The first-order valence-corrected chi connectivity index (χ1v) is 7.60.